The second-order valence-electron chi connectivity index (χ2n) is 5.66. The van der Waals surface area contributed by atoms with Gasteiger partial charge in [-0.05, 0) is 18.6 Å². The maximum absolute atomic E-state index is 9.87. The van der Waals surface area contributed by atoms with E-state index in [0.29, 0.717) is 13.2 Å². The summed E-state index contributed by atoms with van der Waals surface area (Å²) in [5.74, 6) is 0.834. The van der Waals surface area contributed by atoms with E-state index in [4.69, 9.17) is 9.47 Å². The normalized spacial score (nSPS) is 18.7. The van der Waals surface area contributed by atoms with Crippen molar-refractivity contribution >= 4 is 0 Å². The van der Waals surface area contributed by atoms with E-state index in [1.807, 2.05) is 31.2 Å². The third-order valence-electron chi connectivity index (χ3n) is 3.36. The first-order chi connectivity index (χ1) is 9.09. The van der Waals surface area contributed by atoms with Crippen LogP contribution in [0.25, 0.3) is 0 Å². The van der Waals surface area contributed by atoms with Crippen molar-refractivity contribution in [3.8, 4) is 5.75 Å². The number of para-hydroxylation sites is 1. The lowest BCUT2D eigenvalue weighted by atomic mass is 9.89. The van der Waals surface area contributed by atoms with Gasteiger partial charge in [0.05, 0.1) is 13.2 Å². The summed E-state index contributed by atoms with van der Waals surface area (Å²) in [5, 5.41) is 13.1. The lowest BCUT2D eigenvalue weighted by Gasteiger charge is -2.38. The molecule has 0 aliphatic carbocycles. The molecule has 2 rings (SSSR count). The number of aliphatic hydroxyl groups excluding tert-OH is 1. The van der Waals surface area contributed by atoms with Gasteiger partial charge in [-0.15, -0.1) is 0 Å². The zero-order valence-corrected chi connectivity index (χ0v) is 11.7. The van der Waals surface area contributed by atoms with E-state index in [1.54, 1.807) is 0 Å². The molecule has 1 unspecified atom stereocenters. The number of ether oxygens (including phenoxy) is 2. The molecule has 4 heteroatoms. The van der Waals surface area contributed by atoms with Gasteiger partial charge in [-0.2, -0.15) is 0 Å². The van der Waals surface area contributed by atoms with Crippen LogP contribution in [0.4, 0.5) is 0 Å². The molecule has 1 saturated heterocycles. The molecular formula is C15H23NO3. The fourth-order valence-corrected chi connectivity index (χ4v) is 2.06. The van der Waals surface area contributed by atoms with Crippen molar-refractivity contribution < 1.29 is 14.6 Å². The molecule has 0 amide bonds. The lowest BCUT2D eigenvalue weighted by Crippen LogP contribution is -2.48. The summed E-state index contributed by atoms with van der Waals surface area (Å²) in [7, 11) is 0. The highest BCUT2D eigenvalue weighted by Crippen LogP contribution is 2.24. The Morgan fingerprint density at radius 2 is 2.16 bits per heavy atom. The van der Waals surface area contributed by atoms with Crippen molar-refractivity contribution in [2.45, 2.75) is 20.0 Å². The maximum atomic E-state index is 9.87. The molecule has 0 spiro atoms. The Kier molecular flexibility index (Phi) is 4.80. The molecule has 106 valence electrons. The van der Waals surface area contributed by atoms with E-state index >= 15 is 0 Å². The Morgan fingerprint density at radius 1 is 1.42 bits per heavy atom. The summed E-state index contributed by atoms with van der Waals surface area (Å²) in [5.41, 5.74) is 1.32. The highest BCUT2D eigenvalue weighted by Gasteiger charge is 2.32. The molecule has 1 aromatic rings. The minimum atomic E-state index is -0.496. The molecular weight excluding hydrogens is 242 g/mol. The van der Waals surface area contributed by atoms with E-state index in [0.717, 1.165) is 31.1 Å². The Morgan fingerprint density at radius 3 is 2.79 bits per heavy atom. The summed E-state index contributed by atoms with van der Waals surface area (Å²) in [6.45, 7) is 7.50. The molecule has 1 aliphatic heterocycles. The van der Waals surface area contributed by atoms with Crippen LogP contribution in [-0.4, -0.2) is 44.1 Å². The van der Waals surface area contributed by atoms with Crippen LogP contribution >= 0.6 is 0 Å². The average Bonchev–Trinajstić information content (AvgIpc) is 2.36. The highest BCUT2D eigenvalue weighted by molar-refractivity contribution is 5.31. The third kappa shape index (κ3) is 4.20. The van der Waals surface area contributed by atoms with E-state index in [-0.39, 0.29) is 5.41 Å². The van der Waals surface area contributed by atoms with Gasteiger partial charge in [0.2, 0.25) is 0 Å². The van der Waals surface area contributed by atoms with Crippen LogP contribution < -0.4 is 10.1 Å². The minimum Gasteiger partial charge on any atom is -0.491 e. The summed E-state index contributed by atoms with van der Waals surface area (Å²) < 4.78 is 10.8. The maximum Gasteiger partial charge on any atom is 0.122 e. The Labute approximate surface area is 114 Å². The number of rotatable bonds is 7. The van der Waals surface area contributed by atoms with Gasteiger partial charge in [0.1, 0.15) is 18.5 Å². The van der Waals surface area contributed by atoms with Gasteiger partial charge in [0, 0.05) is 18.5 Å². The number of hydrogen-bond acceptors (Lipinski definition) is 4. The van der Waals surface area contributed by atoms with Crippen molar-refractivity contribution in [2.24, 2.45) is 5.41 Å². The second-order valence-corrected chi connectivity index (χ2v) is 5.66. The van der Waals surface area contributed by atoms with Crippen LogP contribution in [0, 0.1) is 12.3 Å². The first kappa shape index (κ1) is 14.3. The van der Waals surface area contributed by atoms with Crippen LogP contribution in [0.5, 0.6) is 5.75 Å². The first-order valence-corrected chi connectivity index (χ1v) is 6.74. The molecule has 1 aliphatic rings. The topological polar surface area (TPSA) is 50.7 Å². The largest absolute Gasteiger partial charge is 0.491 e. The average molecular weight is 265 g/mol. The monoisotopic (exact) mass is 265 g/mol. The van der Waals surface area contributed by atoms with Crippen LogP contribution in [0.15, 0.2) is 24.3 Å². The summed E-state index contributed by atoms with van der Waals surface area (Å²) in [4.78, 5) is 0. The SMILES string of the molecule is Cc1ccccc1OCC(O)CNCC1(C)COC1. The van der Waals surface area contributed by atoms with Gasteiger partial charge < -0.3 is 19.9 Å². The van der Waals surface area contributed by atoms with Crippen LogP contribution in [-0.2, 0) is 4.74 Å². The van der Waals surface area contributed by atoms with Crippen molar-refractivity contribution in [1.29, 1.82) is 0 Å². The second kappa shape index (κ2) is 6.37. The van der Waals surface area contributed by atoms with Crippen LogP contribution in [0.3, 0.4) is 0 Å². The van der Waals surface area contributed by atoms with Gasteiger partial charge in [-0.1, -0.05) is 25.1 Å². The van der Waals surface area contributed by atoms with Gasteiger partial charge in [0.15, 0.2) is 0 Å². The molecule has 0 saturated carbocycles. The van der Waals surface area contributed by atoms with Gasteiger partial charge in [-0.25, -0.2) is 0 Å². The number of aryl methyl sites for hydroxylation is 1. The van der Waals surface area contributed by atoms with Crippen molar-refractivity contribution in [1.82, 2.24) is 5.32 Å². The van der Waals surface area contributed by atoms with E-state index < -0.39 is 6.10 Å². The fourth-order valence-electron chi connectivity index (χ4n) is 2.06. The molecule has 19 heavy (non-hydrogen) atoms. The van der Waals surface area contributed by atoms with Gasteiger partial charge in [0.25, 0.3) is 0 Å². The minimum absolute atomic E-state index is 0.233. The van der Waals surface area contributed by atoms with Gasteiger partial charge >= 0.3 is 0 Å². The highest BCUT2D eigenvalue weighted by atomic mass is 16.5. The predicted molar refractivity (Wildman–Crippen MR) is 74.5 cm³/mol. The van der Waals surface area contributed by atoms with Crippen LogP contribution in [0.1, 0.15) is 12.5 Å². The molecule has 0 bridgehead atoms. The summed E-state index contributed by atoms with van der Waals surface area (Å²) >= 11 is 0. The molecule has 0 radical (unpaired) electrons. The smallest absolute Gasteiger partial charge is 0.122 e. The van der Waals surface area contributed by atoms with Crippen molar-refractivity contribution in [2.75, 3.05) is 32.9 Å². The van der Waals surface area contributed by atoms with E-state index in [9.17, 15) is 5.11 Å². The Balaban J connectivity index is 1.64. The predicted octanol–water partition coefficient (Wildman–Crippen LogP) is 1.36. The number of hydrogen-bond donors (Lipinski definition) is 2. The Bertz CT molecular complexity index is 404. The molecule has 4 nitrogen and oxygen atoms in total. The summed E-state index contributed by atoms with van der Waals surface area (Å²) in [6.07, 6.45) is -0.496. The van der Waals surface area contributed by atoms with Crippen molar-refractivity contribution in [3.05, 3.63) is 29.8 Å². The van der Waals surface area contributed by atoms with Crippen LogP contribution in [0.2, 0.25) is 0 Å². The van der Waals surface area contributed by atoms with E-state index in [1.165, 1.54) is 0 Å². The molecule has 0 aromatic heterocycles. The molecule has 1 aromatic carbocycles. The molecule has 1 heterocycles. The standard InChI is InChI=1S/C15H23NO3/c1-12-5-3-4-6-14(12)19-8-13(17)7-16-9-15(2)10-18-11-15/h3-6,13,16-17H,7-11H2,1-2H3. The van der Waals surface area contributed by atoms with Gasteiger partial charge in [-0.3, -0.25) is 0 Å². The van der Waals surface area contributed by atoms with E-state index in [2.05, 4.69) is 12.2 Å². The molecule has 2 N–H and O–H groups in total. The Hall–Kier alpha value is -1.10. The zero-order chi connectivity index (χ0) is 13.7. The lowest BCUT2D eigenvalue weighted by molar-refractivity contribution is -0.0997. The molecule has 1 fully saturated rings. The number of nitrogens with one attached hydrogen (secondary N) is 1. The fraction of sp³-hybridized carbons (Fsp3) is 0.600. The quantitative estimate of drug-likeness (QED) is 0.781. The third-order valence-corrected chi connectivity index (χ3v) is 3.36. The summed E-state index contributed by atoms with van der Waals surface area (Å²) in [6, 6.07) is 7.82. The zero-order valence-electron chi connectivity index (χ0n) is 11.7. The van der Waals surface area contributed by atoms with Crippen molar-refractivity contribution in [3.63, 3.8) is 0 Å². The number of aliphatic hydroxyl groups is 1. The number of benzene rings is 1. The first-order valence-electron chi connectivity index (χ1n) is 6.74. The molecule has 1 atom stereocenters.